The van der Waals surface area contributed by atoms with Crippen LogP contribution in [0.1, 0.15) is 50.7 Å². The summed E-state index contributed by atoms with van der Waals surface area (Å²) in [5, 5.41) is 10.3. The Kier molecular flexibility index (Phi) is 5.79. The predicted octanol–water partition coefficient (Wildman–Crippen LogP) is 4.30. The van der Waals surface area contributed by atoms with Crippen LogP contribution in [0.2, 0.25) is 0 Å². The molecule has 1 N–H and O–H groups in total. The monoisotopic (exact) mass is 300 g/mol. The standard InChI is InChI=1S/C16H22F2O3/c1-2-20-15-10-12(7-8-14(15)21-16(17)18)13(19)9-11-5-3-4-6-11/h7-8,10-11,13,16,19H,2-6,9H2,1H3. The van der Waals surface area contributed by atoms with E-state index in [9.17, 15) is 13.9 Å². The van der Waals surface area contributed by atoms with E-state index in [4.69, 9.17) is 4.74 Å². The number of aliphatic hydroxyl groups is 1. The Balaban J connectivity index is 2.09. The summed E-state index contributed by atoms with van der Waals surface area (Å²) in [5.74, 6) is 0.803. The second-order valence-electron chi connectivity index (χ2n) is 5.42. The molecule has 5 heteroatoms. The van der Waals surface area contributed by atoms with Crippen LogP contribution in [0, 0.1) is 5.92 Å². The molecule has 0 radical (unpaired) electrons. The van der Waals surface area contributed by atoms with E-state index in [1.54, 1.807) is 19.1 Å². The molecule has 0 bridgehead atoms. The number of ether oxygens (including phenoxy) is 2. The van der Waals surface area contributed by atoms with E-state index in [0.29, 0.717) is 24.5 Å². The third kappa shape index (κ3) is 4.56. The lowest BCUT2D eigenvalue weighted by Gasteiger charge is -2.18. The number of halogens is 2. The van der Waals surface area contributed by atoms with Gasteiger partial charge >= 0.3 is 6.61 Å². The normalized spacial score (nSPS) is 17.2. The number of benzene rings is 1. The van der Waals surface area contributed by atoms with Gasteiger partial charge in [-0.2, -0.15) is 8.78 Å². The molecule has 21 heavy (non-hydrogen) atoms. The topological polar surface area (TPSA) is 38.7 Å². The molecule has 0 spiro atoms. The molecule has 1 unspecified atom stereocenters. The molecular weight excluding hydrogens is 278 g/mol. The second-order valence-corrected chi connectivity index (χ2v) is 5.42. The van der Waals surface area contributed by atoms with Crippen molar-refractivity contribution < 1.29 is 23.4 Å². The van der Waals surface area contributed by atoms with E-state index in [2.05, 4.69) is 4.74 Å². The molecule has 118 valence electrons. The van der Waals surface area contributed by atoms with Crippen LogP contribution in [-0.4, -0.2) is 18.3 Å². The minimum atomic E-state index is -2.89. The molecule has 1 aromatic carbocycles. The maximum absolute atomic E-state index is 12.3. The second kappa shape index (κ2) is 7.59. The molecule has 1 fully saturated rings. The van der Waals surface area contributed by atoms with Crippen LogP contribution < -0.4 is 9.47 Å². The van der Waals surface area contributed by atoms with Crippen LogP contribution in [-0.2, 0) is 0 Å². The van der Waals surface area contributed by atoms with Gasteiger partial charge in [-0.3, -0.25) is 0 Å². The lowest BCUT2D eigenvalue weighted by atomic mass is 9.95. The minimum absolute atomic E-state index is 0.00339. The van der Waals surface area contributed by atoms with E-state index >= 15 is 0 Å². The molecule has 1 aliphatic rings. The summed E-state index contributed by atoms with van der Waals surface area (Å²) in [6, 6.07) is 4.66. The van der Waals surface area contributed by atoms with Gasteiger partial charge in [-0.25, -0.2) is 0 Å². The summed E-state index contributed by atoms with van der Waals surface area (Å²) in [7, 11) is 0. The van der Waals surface area contributed by atoms with Gasteiger partial charge < -0.3 is 14.6 Å². The van der Waals surface area contributed by atoms with Crippen LogP contribution in [0.5, 0.6) is 11.5 Å². The van der Waals surface area contributed by atoms with Gasteiger partial charge in [0.25, 0.3) is 0 Å². The Labute approximate surface area is 123 Å². The van der Waals surface area contributed by atoms with Gasteiger partial charge in [0.15, 0.2) is 11.5 Å². The van der Waals surface area contributed by atoms with Crippen LogP contribution in [0.25, 0.3) is 0 Å². The quantitative estimate of drug-likeness (QED) is 0.816. The van der Waals surface area contributed by atoms with Gasteiger partial charge in [0.1, 0.15) is 0 Å². The molecule has 2 rings (SSSR count). The van der Waals surface area contributed by atoms with Crippen molar-refractivity contribution in [3.63, 3.8) is 0 Å². The smallest absolute Gasteiger partial charge is 0.387 e. The van der Waals surface area contributed by atoms with Crippen molar-refractivity contribution in [3.8, 4) is 11.5 Å². The summed E-state index contributed by atoms with van der Waals surface area (Å²) in [4.78, 5) is 0. The molecular formula is C16H22F2O3. The average molecular weight is 300 g/mol. The van der Waals surface area contributed by atoms with Crippen molar-refractivity contribution in [2.45, 2.75) is 51.7 Å². The van der Waals surface area contributed by atoms with E-state index in [-0.39, 0.29) is 11.5 Å². The zero-order valence-corrected chi connectivity index (χ0v) is 12.2. The van der Waals surface area contributed by atoms with E-state index in [0.717, 1.165) is 12.8 Å². The molecule has 0 heterocycles. The fraction of sp³-hybridized carbons (Fsp3) is 0.625. The van der Waals surface area contributed by atoms with E-state index in [1.807, 2.05) is 0 Å². The van der Waals surface area contributed by atoms with Crippen LogP contribution in [0.3, 0.4) is 0 Å². The summed E-state index contributed by atoms with van der Waals surface area (Å²) in [6.45, 7) is -0.770. The summed E-state index contributed by atoms with van der Waals surface area (Å²) >= 11 is 0. The highest BCUT2D eigenvalue weighted by molar-refractivity contribution is 5.43. The zero-order chi connectivity index (χ0) is 15.2. The highest BCUT2D eigenvalue weighted by atomic mass is 19.3. The molecule has 0 aliphatic heterocycles. The first-order chi connectivity index (χ1) is 10.1. The Morgan fingerprint density at radius 2 is 1.95 bits per heavy atom. The maximum atomic E-state index is 12.3. The zero-order valence-electron chi connectivity index (χ0n) is 12.2. The van der Waals surface area contributed by atoms with Gasteiger partial charge in [-0.05, 0) is 37.0 Å². The van der Waals surface area contributed by atoms with Gasteiger partial charge in [0.2, 0.25) is 0 Å². The number of rotatable bonds is 7. The molecule has 1 saturated carbocycles. The fourth-order valence-electron chi connectivity index (χ4n) is 2.89. The van der Waals surface area contributed by atoms with Gasteiger partial charge in [0.05, 0.1) is 12.7 Å². The van der Waals surface area contributed by atoms with E-state index < -0.39 is 12.7 Å². The van der Waals surface area contributed by atoms with Crippen LogP contribution in [0.4, 0.5) is 8.78 Å². The SMILES string of the molecule is CCOc1cc(C(O)CC2CCCC2)ccc1OC(F)F. The third-order valence-corrected chi connectivity index (χ3v) is 3.90. The summed E-state index contributed by atoms with van der Waals surface area (Å²) in [6.07, 6.45) is 4.88. The lowest BCUT2D eigenvalue weighted by molar-refractivity contribution is -0.0514. The van der Waals surface area contributed by atoms with Crippen molar-refractivity contribution in [3.05, 3.63) is 23.8 Å². The van der Waals surface area contributed by atoms with Crippen molar-refractivity contribution in [2.24, 2.45) is 5.92 Å². The van der Waals surface area contributed by atoms with Crippen molar-refractivity contribution >= 4 is 0 Å². The maximum Gasteiger partial charge on any atom is 0.387 e. The van der Waals surface area contributed by atoms with Crippen molar-refractivity contribution in [2.75, 3.05) is 6.61 Å². The number of aliphatic hydroxyl groups excluding tert-OH is 1. The van der Waals surface area contributed by atoms with Gasteiger partial charge in [0, 0.05) is 0 Å². The third-order valence-electron chi connectivity index (χ3n) is 3.90. The fourth-order valence-corrected chi connectivity index (χ4v) is 2.89. The Bertz CT molecular complexity index is 445. The molecule has 3 nitrogen and oxygen atoms in total. The first kappa shape index (κ1) is 16.0. The Morgan fingerprint density at radius 1 is 1.24 bits per heavy atom. The highest BCUT2D eigenvalue weighted by Crippen LogP contribution is 2.36. The Hall–Kier alpha value is -1.36. The van der Waals surface area contributed by atoms with Gasteiger partial charge in [-0.15, -0.1) is 0 Å². The van der Waals surface area contributed by atoms with Crippen LogP contribution in [0.15, 0.2) is 18.2 Å². The molecule has 1 aromatic rings. The first-order valence-electron chi connectivity index (χ1n) is 7.49. The molecule has 0 saturated heterocycles. The number of alkyl halides is 2. The molecule has 1 atom stereocenters. The minimum Gasteiger partial charge on any atom is -0.490 e. The number of hydrogen-bond donors (Lipinski definition) is 1. The molecule has 1 aliphatic carbocycles. The number of hydrogen-bond acceptors (Lipinski definition) is 3. The van der Waals surface area contributed by atoms with E-state index in [1.165, 1.54) is 18.9 Å². The average Bonchev–Trinajstić information content (AvgIpc) is 2.93. The van der Waals surface area contributed by atoms with Crippen molar-refractivity contribution in [1.82, 2.24) is 0 Å². The predicted molar refractivity (Wildman–Crippen MR) is 75.8 cm³/mol. The summed E-state index contributed by atoms with van der Waals surface area (Å²) in [5.41, 5.74) is 0.687. The van der Waals surface area contributed by atoms with Gasteiger partial charge in [-0.1, -0.05) is 31.7 Å². The summed E-state index contributed by atoms with van der Waals surface area (Å²) < 4.78 is 34.4. The lowest BCUT2D eigenvalue weighted by Crippen LogP contribution is -2.07. The Morgan fingerprint density at radius 3 is 2.57 bits per heavy atom. The molecule has 0 amide bonds. The largest absolute Gasteiger partial charge is 0.490 e. The van der Waals surface area contributed by atoms with Crippen LogP contribution >= 0.6 is 0 Å². The first-order valence-corrected chi connectivity index (χ1v) is 7.49. The highest BCUT2D eigenvalue weighted by Gasteiger charge is 2.21. The molecule has 0 aromatic heterocycles. The van der Waals surface area contributed by atoms with Crippen molar-refractivity contribution in [1.29, 1.82) is 0 Å².